The van der Waals surface area contributed by atoms with Crippen LogP contribution in [-0.2, 0) is 9.59 Å². The highest BCUT2D eigenvalue weighted by Gasteiger charge is 2.21. The van der Waals surface area contributed by atoms with Gasteiger partial charge in [0.2, 0.25) is 5.91 Å². The third-order valence-corrected chi connectivity index (χ3v) is 2.86. The first-order chi connectivity index (χ1) is 7.99. The number of carbonyl (C=O) groups excluding carboxylic acids is 1. The molecule has 0 saturated carbocycles. The summed E-state index contributed by atoms with van der Waals surface area (Å²) in [6, 6.07) is -0.104. The van der Waals surface area contributed by atoms with E-state index in [2.05, 4.69) is 4.90 Å². The van der Waals surface area contributed by atoms with Gasteiger partial charge in [-0.3, -0.25) is 14.5 Å². The molecule has 6 nitrogen and oxygen atoms in total. The molecule has 17 heavy (non-hydrogen) atoms. The molecule has 6 heteroatoms. The smallest absolute Gasteiger partial charge is 0.304 e. The summed E-state index contributed by atoms with van der Waals surface area (Å²) in [6.07, 6.45) is 0.545. The molecule has 1 aliphatic rings. The van der Waals surface area contributed by atoms with Crippen LogP contribution in [0.4, 0.5) is 0 Å². The van der Waals surface area contributed by atoms with Crippen LogP contribution in [0.15, 0.2) is 0 Å². The number of hydrogen-bond donors (Lipinski definition) is 2. The van der Waals surface area contributed by atoms with Crippen molar-refractivity contribution >= 4 is 11.9 Å². The van der Waals surface area contributed by atoms with E-state index in [1.165, 1.54) is 0 Å². The van der Waals surface area contributed by atoms with Crippen molar-refractivity contribution in [3.05, 3.63) is 0 Å². The second kappa shape index (κ2) is 6.56. The van der Waals surface area contributed by atoms with E-state index >= 15 is 0 Å². The Balaban J connectivity index is 2.25. The lowest BCUT2D eigenvalue weighted by atomic mass is 10.2. The Morgan fingerprint density at radius 1 is 1.29 bits per heavy atom. The van der Waals surface area contributed by atoms with Crippen LogP contribution in [0.5, 0.6) is 0 Å². The van der Waals surface area contributed by atoms with Gasteiger partial charge in [0.1, 0.15) is 0 Å². The van der Waals surface area contributed by atoms with Crippen LogP contribution in [0.25, 0.3) is 0 Å². The Bertz CT molecular complexity index is 273. The number of carboxylic acid groups (broad SMARTS) is 1. The molecule has 1 saturated heterocycles. The van der Waals surface area contributed by atoms with E-state index in [4.69, 9.17) is 10.8 Å². The minimum absolute atomic E-state index is 0.0953. The van der Waals surface area contributed by atoms with E-state index in [0.717, 1.165) is 13.1 Å². The first-order valence-electron chi connectivity index (χ1n) is 5.96. The zero-order valence-electron chi connectivity index (χ0n) is 10.3. The van der Waals surface area contributed by atoms with E-state index in [0.29, 0.717) is 26.1 Å². The van der Waals surface area contributed by atoms with Gasteiger partial charge in [0.15, 0.2) is 0 Å². The van der Waals surface area contributed by atoms with E-state index < -0.39 is 5.97 Å². The molecule has 1 heterocycles. The summed E-state index contributed by atoms with van der Waals surface area (Å²) >= 11 is 0. The minimum Gasteiger partial charge on any atom is -0.481 e. The number of carboxylic acids is 1. The van der Waals surface area contributed by atoms with Gasteiger partial charge in [-0.25, -0.2) is 0 Å². The second-order valence-electron chi connectivity index (χ2n) is 4.55. The van der Waals surface area contributed by atoms with Gasteiger partial charge >= 0.3 is 5.97 Å². The maximum absolute atomic E-state index is 11.7. The average Bonchev–Trinajstić information content (AvgIpc) is 2.26. The Hall–Kier alpha value is -1.14. The van der Waals surface area contributed by atoms with Crippen molar-refractivity contribution in [3.8, 4) is 0 Å². The molecule has 0 aromatic rings. The van der Waals surface area contributed by atoms with Crippen molar-refractivity contribution < 1.29 is 14.7 Å². The van der Waals surface area contributed by atoms with Crippen LogP contribution in [-0.4, -0.2) is 65.5 Å². The van der Waals surface area contributed by atoms with Crippen LogP contribution >= 0.6 is 0 Å². The van der Waals surface area contributed by atoms with E-state index in [1.54, 1.807) is 4.90 Å². The first-order valence-corrected chi connectivity index (χ1v) is 5.96. The fraction of sp³-hybridized carbons (Fsp3) is 0.818. The molecular weight excluding hydrogens is 222 g/mol. The molecule has 0 spiro atoms. The van der Waals surface area contributed by atoms with Crippen LogP contribution in [0, 0.1) is 0 Å². The zero-order chi connectivity index (χ0) is 12.8. The van der Waals surface area contributed by atoms with Gasteiger partial charge in [0, 0.05) is 45.2 Å². The molecule has 0 radical (unpaired) electrons. The van der Waals surface area contributed by atoms with Gasteiger partial charge < -0.3 is 15.7 Å². The standard InChI is InChI=1S/C11H21N3O3/c1-9(12)8-10(15)14-6-4-13(5-7-14)3-2-11(16)17/h9H,2-8,12H2,1H3,(H,16,17). The Labute approximate surface area is 101 Å². The molecule has 1 unspecified atom stereocenters. The Kier molecular flexibility index (Phi) is 5.37. The van der Waals surface area contributed by atoms with Crippen molar-refractivity contribution in [3.63, 3.8) is 0 Å². The van der Waals surface area contributed by atoms with Gasteiger partial charge in [0.25, 0.3) is 0 Å². The van der Waals surface area contributed by atoms with Crippen molar-refractivity contribution in [1.82, 2.24) is 9.80 Å². The predicted molar refractivity (Wildman–Crippen MR) is 63.5 cm³/mol. The number of aliphatic carboxylic acids is 1. The number of amides is 1. The molecule has 3 N–H and O–H groups in total. The molecule has 0 bridgehead atoms. The Morgan fingerprint density at radius 2 is 1.88 bits per heavy atom. The summed E-state index contributed by atoms with van der Waals surface area (Å²) in [5, 5.41) is 8.58. The number of rotatable bonds is 5. The third kappa shape index (κ3) is 5.14. The normalized spacial score (nSPS) is 19.1. The highest BCUT2D eigenvalue weighted by atomic mass is 16.4. The molecule has 1 fully saturated rings. The summed E-state index contributed by atoms with van der Waals surface area (Å²) in [7, 11) is 0. The number of hydrogen-bond acceptors (Lipinski definition) is 4. The molecule has 98 valence electrons. The minimum atomic E-state index is -0.777. The highest BCUT2D eigenvalue weighted by Crippen LogP contribution is 2.05. The SMILES string of the molecule is CC(N)CC(=O)N1CCN(CCC(=O)O)CC1. The monoisotopic (exact) mass is 243 g/mol. The van der Waals surface area contributed by atoms with Crippen LogP contribution in [0.2, 0.25) is 0 Å². The lowest BCUT2D eigenvalue weighted by Gasteiger charge is -2.34. The second-order valence-corrected chi connectivity index (χ2v) is 4.55. The quantitative estimate of drug-likeness (QED) is 0.669. The van der Waals surface area contributed by atoms with Gasteiger partial charge in [0.05, 0.1) is 6.42 Å². The summed E-state index contributed by atoms with van der Waals surface area (Å²) in [4.78, 5) is 26.0. The highest BCUT2D eigenvalue weighted by molar-refractivity contribution is 5.76. The van der Waals surface area contributed by atoms with Crippen molar-refractivity contribution in [2.24, 2.45) is 5.73 Å². The molecule has 1 atom stereocenters. The number of piperazine rings is 1. The van der Waals surface area contributed by atoms with Crippen LogP contribution in [0.1, 0.15) is 19.8 Å². The van der Waals surface area contributed by atoms with E-state index in [9.17, 15) is 9.59 Å². The van der Waals surface area contributed by atoms with Crippen molar-refractivity contribution in [2.75, 3.05) is 32.7 Å². The summed E-state index contributed by atoms with van der Waals surface area (Å²) in [5.41, 5.74) is 5.59. The molecule has 1 aliphatic heterocycles. The number of nitrogens with zero attached hydrogens (tertiary/aromatic N) is 2. The van der Waals surface area contributed by atoms with E-state index in [-0.39, 0.29) is 18.4 Å². The van der Waals surface area contributed by atoms with Crippen LogP contribution < -0.4 is 5.73 Å². The van der Waals surface area contributed by atoms with Gasteiger partial charge in [-0.1, -0.05) is 0 Å². The molecule has 0 aromatic carbocycles. The molecule has 0 aliphatic carbocycles. The molecule has 1 rings (SSSR count). The fourth-order valence-corrected chi connectivity index (χ4v) is 1.88. The summed E-state index contributed by atoms with van der Waals surface area (Å²) in [5.74, 6) is -0.682. The lowest BCUT2D eigenvalue weighted by molar-refractivity contribution is -0.138. The summed E-state index contributed by atoms with van der Waals surface area (Å²) < 4.78 is 0. The number of nitrogens with two attached hydrogens (primary N) is 1. The topological polar surface area (TPSA) is 86.9 Å². The first kappa shape index (κ1) is 13.9. The Morgan fingerprint density at radius 3 is 2.35 bits per heavy atom. The zero-order valence-corrected chi connectivity index (χ0v) is 10.3. The number of carbonyl (C=O) groups is 2. The maximum atomic E-state index is 11.7. The fourth-order valence-electron chi connectivity index (χ4n) is 1.88. The largest absolute Gasteiger partial charge is 0.481 e. The van der Waals surface area contributed by atoms with E-state index in [1.807, 2.05) is 6.92 Å². The molecular formula is C11H21N3O3. The van der Waals surface area contributed by atoms with Gasteiger partial charge in [-0.2, -0.15) is 0 Å². The maximum Gasteiger partial charge on any atom is 0.304 e. The third-order valence-electron chi connectivity index (χ3n) is 2.86. The predicted octanol–water partition coefficient (Wildman–Crippen LogP) is -0.657. The average molecular weight is 243 g/mol. The van der Waals surface area contributed by atoms with Gasteiger partial charge in [-0.15, -0.1) is 0 Å². The molecule has 0 aromatic heterocycles. The molecule has 1 amide bonds. The van der Waals surface area contributed by atoms with Crippen molar-refractivity contribution in [2.45, 2.75) is 25.8 Å². The van der Waals surface area contributed by atoms with Crippen molar-refractivity contribution in [1.29, 1.82) is 0 Å². The van der Waals surface area contributed by atoms with Crippen LogP contribution in [0.3, 0.4) is 0 Å². The summed E-state index contributed by atoms with van der Waals surface area (Å²) in [6.45, 7) is 5.22. The lowest BCUT2D eigenvalue weighted by Crippen LogP contribution is -2.49. The van der Waals surface area contributed by atoms with Gasteiger partial charge in [-0.05, 0) is 6.92 Å².